The molecule has 0 bridgehead atoms. The number of Topliss-reactive ketones (excluding diaryl/α,β-unsaturated/α-hetero) is 1. The second-order valence-corrected chi connectivity index (χ2v) is 4.49. The number of rotatable bonds is 3. The molecule has 86 valence electrons. The molecule has 2 heteroatoms. The van der Waals surface area contributed by atoms with Crippen molar-refractivity contribution in [3.63, 3.8) is 0 Å². The van der Waals surface area contributed by atoms with Gasteiger partial charge in [0, 0.05) is 5.56 Å². The maximum absolute atomic E-state index is 11.4. The first-order valence-electron chi connectivity index (χ1n) is 5.91. The molecule has 0 unspecified atom stereocenters. The second kappa shape index (κ2) is 4.69. The fourth-order valence-corrected chi connectivity index (χ4v) is 2.51. The van der Waals surface area contributed by atoms with Crippen LogP contribution in [0.2, 0.25) is 0 Å². The molecule has 0 amide bonds. The van der Waals surface area contributed by atoms with Crippen LogP contribution in [-0.4, -0.2) is 12.9 Å². The van der Waals surface area contributed by atoms with Crippen LogP contribution in [0.15, 0.2) is 18.2 Å². The van der Waals surface area contributed by atoms with Crippen LogP contribution in [0.25, 0.3) is 0 Å². The Labute approximate surface area is 96.6 Å². The Bertz CT molecular complexity index is 390. The molecule has 1 aromatic rings. The van der Waals surface area contributed by atoms with Gasteiger partial charge in [-0.2, -0.15) is 0 Å². The average molecular weight is 218 g/mol. The predicted octanol–water partition coefficient (Wildman–Crippen LogP) is 3.56. The summed E-state index contributed by atoms with van der Waals surface area (Å²) in [4.78, 5) is 11.4. The standard InChI is InChI=1S/C14H18O2/c1-10(15)12-7-8-14(16-2)13(9-12)11-5-3-4-6-11/h7-9,11H,3-6H2,1-2H3. The lowest BCUT2D eigenvalue weighted by Gasteiger charge is -2.15. The minimum absolute atomic E-state index is 0.127. The van der Waals surface area contributed by atoms with Crippen LogP contribution >= 0.6 is 0 Å². The number of ether oxygens (including phenoxy) is 1. The molecule has 0 radical (unpaired) electrons. The lowest BCUT2D eigenvalue weighted by Crippen LogP contribution is -2.01. The molecular weight excluding hydrogens is 200 g/mol. The lowest BCUT2D eigenvalue weighted by molar-refractivity contribution is 0.101. The van der Waals surface area contributed by atoms with Gasteiger partial charge >= 0.3 is 0 Å². The summed E-state index contributed by atoms with van der Waals surface area (Å²) < 4.78 is 5.38. The third kappa shape index (κ3) is 2.11. The number of ketones is 1. The highest BCUT2D eigenvalue weighted by Crippen LogP contribution is 2.39. The topological polar surface area (TPSA) is 26.3 Å². The van der Waals surface area contributed by atoms with Gasteiger partial charge in [0.1, 0.15) is 5.75 Å². The number of hydrogen-bond acceptors (Lipinski definition) is 2. The number of methoxy groups -OCH3 is 1. The maximum Gasteiger partial charge on any atom is 0.159 e. The summed E-state index contributed by atoms with van der Waals surface area (Å²) in [5, 5.41) is 0. The van der Waals surface area contributed by atoms with Crippen molar-refractivity contribution in [1.29, 1.82) is 0 Å². The van der Waals surface area contributed by atoms with E-state index >= 15 is 0 Å². The van der Waals surface area contributed by atoms with Crippen LogP contribution in [-0.2, 0) is 0 Å². The third-order valence-corrected chi connectivity index (χ3v) is 3.43. The van der Waals surface area contributed by atoms with Crippen molar-refractivity contribution >= 4 is 5.78 Å². The zero-order valence-corrected chi connectivity index (χ0v) is 9.95. The van der Waals surface area contributed by atoms with Crippen molar-refractivity contribution in [1.82, 2.24) is 0 Å². The highest BCUT2D eigenvalue weighted by atomic mass is 16.5. The third-order valence-electron chi connectivity index (χ3n) is 3.43. The first-order chi connectivity index (χ1) is 7.72. The molecule has 2 rings (SSSR count). The van der Waals surface area contributed by atoms with Gasteiger partial charge in [-0.25, -0.2) is 0 Å². The fraction of sp³-hybridized carbons (Fsp3) is 0.500. The van der Waals surface area contributed by atoms with Gasteiger partial charge in [0.25, 0.3) is 0 Å². The molecule has 1 fully saturated rings. The van der Waals surface area contributed by atoms with Crippen LogP contribution in [0, 0.1) is 0 Å². The van der Waals surface area contributed by atoms with E-state index in [0.717, 1.165) is 11.3 Å². The van der Waals surface area contributed by atoms with Crippen LogP contribution in [0.1, 0.15) is 54.4 Å². The molecule has 1 aliphatic rings. The Morgan fingerprint density at radius 1 is 1.31 bits per heavy atom. The molecule has 2 nitrogen and oxygen atoms in total. The number of carbonyl (C=O) groups is 1. The molecule has 1 aliphatic carbocycles. The summed E-state index contributed by atoms with van der Waals surface area (Å²) in [7, 11) is 1.70. The van der Waals surface area contributed by atoms with Gasteiger partial charge in [-0.15, -0.1) is 0 Å². The minimum atomic E-state index is 0.127. The Morgan fingerprint density at radius 3 is 2.56 bits per heavy atom. The first-order valence-corrected chi connectivity index (χ1v) is 5.91. The van der Waals surface area contributed by atoms with E-state index < -0.39 is 0 Å². The van der Waals surface area contributed by atoms with E-state index in [1.807, 2.05) is 18.2 Å². The highest BCUT2D eigenvalue weighted by molar-refractivity contribution is 5.94. The van der Waals surface area contributed by atoms with Crippen molar-refractivity contribution in [3.8, 4) is 5.75 Å². The van der Waals surface area contributed by atoms with Crippen LogP contribution in [0.4, 0.5) is 0 Å². The average Bonchev–Trinajstić information content (AvgIpc) is 2.81. The van der Waals surface area contributed by atoms with Crippen molar-refractivity contribution in [2.45, 2.75) is 38.5 Å². The summed E-state index contributed by atoms with van der Waals surface area (Å²) in [5.74, 6) is 1.63. The molecule has 1 aromatic carbocycles. The molecule has 0 aliphatic heterocycles. The summed E-state index contributed by atoms with van der Waals surface area (Å²) in [6.07, 6.45) is 5.02. The van der Waals surface area contributed by atoms with E-state index in [2.05, 4.69) is 0 Å². The Hall–Kier alpha value is -1.31. The van der Waals surface area contributed by atoms with E-state index in [0.29, 0.717) is 5.92 Å². The number of hydrogen-bond donors (Lipinski definition) is 0. The Morgan fingerprint density at radius 2 is 2.00 bits per heavy atom. The molecule has 0 aromatic heterocycles. The summed E-state index contributed by atoms with van der Waals surface area (Å²) in [5.41, 5.74) is 2.01. The molecular formula is C14H18O2. The van der Waals surface area contributed by atoms with Gasteiger partial charge in [0.15, 0.2) is 5.78 Å². The van der Waals surface area contributed by atoms with Gasteiger partial charge < -0.3 is 4.74 Å². The fourth-order valence-electron chi connectivity index (χ4n) is 2.51. The van der Waals surface area contributed by atoms with Gasteiger partial charge in [-0.1, -0.05) is 12.8 Å². The molecule has 0 heterocycles. The van der Waals surface area contributed by atoms with E-state index in [1.54, 1.807) is 14.0 Å². The van der Waals surface area contributed by atoms with Crippen molar-refractivity contribution in [2.75, 3.05) is 7.11 Å². The van der Waals surface area contributed by atoms with Crippen molar-refractivity contribution in [3.05, 3.63) is 29.3 Å². The van der Waals surface area contributed by atoms with Crippen LogP contribution < -0.4 is 4.74 Å². The number of benzene rings is 1. The van der Waals surface area contributed by atoms with Gasteiger partial charge in [-0.3, -0.25) is 4.79 Å². The molecule has 0 atom stereocenters. The van der Waals surface area contributed by atoms with Gasteiger partial charge in [0.2, 0.25) is 0 Å². The molecule has 16 heavy (non-hydrogen) atoms. The Kier molecular flexibility index (Phi) is 3.28. The normalized spacial score (nSPS) is 16.4. The minimum Gasteiger partial charge on any atom is -0.496 e. The summed E-state index contributed by atoms with van der Waals surface area (Å²) in [6.45, 7) is 1.61. The quantitative estimate of drug-likeness (QED) is 0.725. The van der Waals surface area contributed by atoms with E-state index in [-0.39, 0.29) is 5.78 Å². The second-order valence-electron chi connectivity index (χ2n) is 4.49. The predicted molar refractivity (Wildman–Crippen MR) is 64.2 cm³/mol. The van der Waals surface area contributed by atoms with Crippen molar-refractivity contribution < 1.29 is 9.53 Å². The molecule has 0 N–H and O–H groups in total. The smallest absolute Gasteiger partial charge is 0.159 e. The zero-order chi connectivity index (χ0) is 11.5. The SMILES string of the molecule is COc1ccc(C(C)=O)cc1C1CCCC1. The highest BCUT2D eigenvalue weighted by Gasteiger charge is 2.21. The zero-order valence-electron chi connectivity index (χ0n) is 9.95. The van der Waals surface area contributed by atoms with Gasteiger partial charge in [-0.05, 0) is 49.4 Å². The lowest BCUT2D eigenvalue weighted by atomic mass is 9.94. The first kappa shape index (κ1) is 11.2. The Balaban J connectivity index is 2.38. The summed E-state index contributed by atoms with van der Waals surface area (Å²) >= 11 is 0. The molecule has 1 saturated carbocycles. The van der Waals surface area contributed by atoms with E-state index in [9.17, 15) is 4.79 Å². The summed E-state index contributed by atoms with van der Waals surface area (Å²) in [6, 6.07) is 5.78. The monoisotopic (exact) mass is 218 g/mol. The van der Waals surface area contributed by atoms with Crippen LogP contribution in [0.3, 0.4) is 0 Å². The molecule has 0 saturated heterocycles. The maximum atomic E-state index is 11.4. The van der Waals surface area contributed by atoms with Crippen molar-refractivity contribution in [2.24, 2.45) is 0 Å². The number of carbonyl (C=O) groups excluding carboxylic acids is 1. The largest absolute Gasteiger partial charge is 0.496 e. The van der Waals surface area contributed by atoms with Crippen LogP contribution in [0.5, 0.6) is 5.75 Å². The van der Waals surface area contributed by atoms with Gasteiger partial charge in [0.05, 0.1) is 7.11 Å². The van der Waals surface area contributed by atoms with E-state index in [4.69, 9.17) is 4.74 Å². The van der Waals surface area contributed by atoms with E-state index in [1.165, 1.54) is 31.2 Å². The molecule has 0 spiro atoms.